The zero-order chi connectivity index (χ0) is 16.4. The number of benzene rings is 1. The van der Waals surface area contributed by atoms with Gasteiger partial charge in [0.05, 0.1) is 17.1 Å². The number of piperidine rings is 4. The number of aromatic hydroxyl groups is 1. The van der Waals surface area contributed by atoms with Crippen LogP contribution in [0.5, 0.6) is 5.75 Å². The van der Waals surface area contributed by atoms with E-state index in [1.165, 1.54) is 5.57 Å². The minimum atomic E-state index is -0.392. The van der Waals surface area contributed by atoms with Gasteiger partial charge >= 0.3 is 0 Å². The van der Waals surface area contributed by atoms with Gasteiger partial charge in [0.1, 0.15) is 5.75 Å². The lowest BCUT2D eigenvalue weighted by atomic mass is 9.65. The summed E-state index contributed by atoms with van der Waals surface area (Å²) in [5.74, 6) is 1.37. The minimum absolute atomic E-state index is 0.160. The molecular weight excluding hydrogens is 300 g/mol. The first-order chi connectivity index (χ1) is 11.6. The summed E-state index contributed by atoms with van der Waals surface area (Å²) >= 11 is 0. The zero-order valence-electron chi connectivity index (χ0n) is 14.1. The maximum atomic E-state index is 13.8. The summed E-state index contributed by atoms with van der Waals surface area (Å²) in [5.41, 5.74) is 3.06. The Morgan fingerprint density at radius 3 is 2.96 bits per heavy atom. The summed E-state index contributed by atoms with van der Waals surface area (Å²) in [7, 11) is 2.07. The van der Waals surface area contributed by atoms with Crippen LogP contribution in [0.25, 0.3) is 0 Å². The second-order valence-corrected chi connectivity index (χ2v) is 8.31. The molecule has 4 nitrogen and oxygen atoms in total. The number of allylic oxidation sites excluding steroid dienone is 1. The molecule has 24 heavy (non-hydrogen) atoms. The molecule has 1 spiro atoms. The van der Waals surface area contributed by atoms with Crippen molar-refractivity contribution in [2.75, 3.05) is 18.5 Å². The van der Waals surface area contributed by atoms with E-state index in [2.05, 4.69) is 35.9 Å². The number of phenols is 1. The highest BCUT2D eigenvalue weighted by Gasteiger charge is 2.74. The second-order valence-electron chi connectivity index (χ2n) is 8.31. The fourth-order valence-corrected chi connectivity index (χ4v) is 7.14. The van der Waals surface area contributed by atoms with Gasteiger partial charge in [0.15, 0.2) is 5.78 Å². The van der Waals surface area contributed by atoms with Crippen LogP contribution in [0.2, 0.25) is 0 Å². The number of ketones is 1. The highest BCUT2D eigenvalue weighted by Crippen LogP contribution is 2.67. The van der Waals surface area contributed by atoms with Crippen LogP contribution in [-0.4, -0.2) is 47.5 Å². The van der Waals surface area contributed by atoms with Gasteiger partial charge in [-0.25, -0.2) is 0 Å². The van der Waals surface area contributed by atoms with Crippen molar-refractivity contribution < 1.29 is 9.90 Å². The van der Waals surface area contributed by atoms with E-state index < -0.39 is 5.41 Å². The maximum absolute atomic E-state index is 13.8. The molecular formula is C20H22N2O2. The minimum Gasteiger partial charge on any atom is -0.506 e. The van der Waals surface area contributed by atoms with E-state index in [1.54, 1.807) is 6.07 Å². The Bertz CT molecular complexity index is 831. The first-order valence-corrected chi connectivity index (χ1v) is 9.10. The molecule has 0 aromatic heterocycles. The normalized spacial score (nSPS) is 48.3. The van der Waals surface area contributed by atoms with Crippen LogP contribution in [0.1, 0.15) is 25.3 Å². The Morgan fingerprint density at radius 1 is 1.33 bits per heavy atom. The monoisotopic (exact) mass is 322 g/mol. The van der Waals surface area contributed by atoms with Crippen LogP contribution in [0.3, 0.4) is 0 Å². The fourth-order valence-electron chi connectivity index (χ4n) is 7.14. The predicted octanol–water partition coefficient (Wildman–Crippen LogP) is 2.07. The number of carbonyl (C=O) groups is 1. The van der Waals surface area contributed by atoms with Gasteiger partial charge in [-0.3, -0.25) is 9.69 Å². The number of nitrogens with zero attached hydrogens (tertiary/aromatic N) is 2. The molecule has 1 aromatic carbocycles. The molecule has 6 aliphatic rings. The number of hydrogen-bond acceptors (Lipinski definition) is 4. The summed E-state index contributed by atoms with van der Waals surface area (Å²) in [6, 6.07) is 6.76. The van der Waals surface area contributed by atoms with Crippen LogP contribution in [0.4, 0.5) is 5.69 Å². The van der Waals surface area contributed by atoms with Gasteiger partial charge in [-0.2, -0.15) is 0 Å². The van der Waals surface area contributed by atoms with Crippen molar-refractivity contribution >= 4 is 11.5 Å². The van der Waals surface area contributed by atoms with Crippen molar-refractivity contribution in [3.05, 3.63) is 35.4 Å². The van der Waals surface area contributed by atoms with Gasteiger partial charge in [-0.05, 0) is 37.3 Å². The fraction of sp³-hybridized carbons (Fsp3) is 0.550. The van der Waals surface area contributed by atoms with E-state index >= 15 is 0 Å². The SMILES string of the molecule is C/C=C1/CN2[C@H]3C[C@]45C(=O)C3[C@H]1C[C@H]2[C@@H]4N(C)c1c(O)cccc15. The van der Waals surface area contributed by atoms with Crippen LogP contribution in [0.15, 0.2) is 29.8 Å². The van der Waals surface area contributed by atoms with E-state index in [0.717, 1.165) is 30.6 Å². The van der Waals surface area contributed by atoms with Crippen molar-refractivity contribution in [2.24, 2.45) is 11.8 Å². The maximum Gasteiger partial charge on any atom is 0.150 e. The Labute approximate surface area is 141 Å². The third-order valence-corrected chi connectivity index (χ3v) is 7.82. The summed E-state index contributed by atoms with van der Waals surface area (Å²) in [5, 5.41) is 10.5. The first-order valence-electron chi connectivity index (χ1n) is 9.10. The van der Waals surface area contributed by atoms with Gasteiger partial charge in [-0.1, -0.05) is 23.8 Å². The first kappa shape index (κ1) is 13.5. The number of Topliss-reactive ketones (excluding diaryl/α,β-unsaturated/α-hetero) is 1. The number of likely N-dealkylation sites (N-methyl/N-ethyl adjacent to an activating group) is 1. The number of phenolic OH excluding ortho intramolecular Hbond substituents is 1. The third kappa shape index (κ3) is 1.13. The smallest absolute Gasteiger partial charge is 0.150 e. The Kier molecular flexibility index (Phi) is 2.18. The van der Waals surface area contributed by atoms with E-state index in [9.17, 15) is 9.90 Å². The lowest BCUT2D eigenvalue weighted by molar-refractivity contribution is -0.126. The molecule has 1 saturated carbocycles. The van der Waals surface area contributed by atoms with Crippen molar-refractivity contribution in [2.45, 2.75) is 43.3 Å². The highest BCUT2D eigenvalue weighted by atomic mass is 16.3. The molecule has 5 fully saturated rings. The number of carbonyl (C=O) groups excluding carboxylic acids is 1. The van der Waals surface area contributed by atoms with Crippen LogP contribution >= 0.6 is 0 Å². The Balaban J connectivity index is 1.64. The number of hydrogen-bond donors (Lipinski definition) is 1. The number of fused-ring (bicyclic) bond motifs is 2. The standard InChI is InChI=1S/C20H22N2O2/c1-3-10-9-22-13-7-11(10)16-14(22)8-20(19(16)24)12-5-4-6-15(23)17(12)21(2)18(13)20/h3-6,11,13-14,16,18,23H,7-9H2,1-2H3/b10-3-/t11-,13-,14-,16?,18-,20+/m0/s1. The summed E-state index contributed by atoms with van der Waals surface area (Å²) in [4.78, 5) is 18.6. The van der Waals surface area contributed by atoms with Crippen molar-refractivity contribution in [1.29, 1.82) is 0 Å². The molecule has 0 radical (unpaired) electrons. The van der Waals surface area contributed by atoms with Crippen LogP contribution in [-0.2, 0) is 10.2 Å². The molecule has 5 aliphatic heterocycles. The van der Waals surface area contributed by atoms with Gasteiger partial charge < -0.3 is 10.0 Å². The molecule has 1 N–H and O–H groups in total. The molecule has 1 aromatic rings. The average molecular weight is 322 g/mol. The molecule has 7 atom stereocenters. The molecule has 124 valence electrons. The van der Waals surface area contributed by atoms with Crippen LogP contribution < -0.4 is 4.90 Å². The second kappa shape index (κ2) is 3.88. The molecule has 5 heterocycles. The average Bonchev–Trinajstić information content (AvgIpc) is 2.98. The summed E-state index contributed by atoms with van der Waals surface area (Å²) in [6.45, 7) is 3.15. The largest absolute Gasteiger partial charge is 0.506 e. The number of anilines is 1. The van der Waals surface area contributed by atoms with Crippen molar-refractivity contribution in [3.8, 4) is 5.75 Å². The van der Waals surface area contributed by atoms with Crippen molar-refractivity contribution in [3.63, 3.8) is 0 Å². The summed E-state index contributed by atoms with van der Waals surface area (Å²) in [6.07, 6.45) is 4.27. The molecule has 0 amide bonds. The van der Waals surface area contributed by atoms with E-state index in [-0.39, 0.29) is 12.0 Å². The van der Waals surface area contributed by atoms with Gasteiger partial charge in [0.25, 0.3) is 0 Å². The van der Waals surface area contributed by atoms with Crippen LogP contribution in [0, 0.1) is 11.8 Å². The zero-order valence-corrected chi connectivity index (χ0v) is 14.1. The molecule has 1 aliphatic carbocycles. The lowest BCUT2D eigenvalue weighted by Crippen LogP contribution is -2.68. The third-order valence-electron chi connectivity index (χ3n) is 7.82. The number of para-hydroxylation sites is 1. The molecule has 2 unspecified atom stereocenters. The summed E-state index contributed by atoms with van der Waals surface area (Å²) < 4.78 is 0. The van der Waals surface area contributed by atoms with Gasteiger partial charge in [-0.15, -0.1) is 0 Å². The molecule has 4 saturated heterocycles. The van der Waals surface area contributed by atoms with Gasteiger partial charge in [0, 0.05) is 31.6 Å². The van der Waals surface area contributed by atoms with Gasteiger partial charge in [0.2, 0.25) is 0 Å². The topological polar surface area (TPSA) is 43.8 Å². The van der Waals surface area contributed by atoms with E-state index in [1.807, 2.05) is 6.07 Å². The van der Waals surface area contributed by atoms with E-state index in [0.29, 0.717) is 29.5 Å². The predicted molar refractivity (Wildman–Crippen MR) is 91.2 cm³/mol. The Morgan fingerprint density at radius 2 is 2.17 bits per heavy atom. The molecule has 4 heteroatoms. The van der Waals surface area contributed by atoms with E-state index in [4.69, 9.17) is 0 Å². The van der Waals surface area contributed by atoms with Crippen molar-refractivity contribution in [1.82, 2.24) is 4.90 Å². The lowest BCUT2D eigenvalue weighted by Gasteiger charge is -2.58. The Hall–Kier alpha value is -1.81. The molecule has 7 rings (SSSR count). The number of rotatable bonds is 0. The highest BCUT2D eigenvalue weighted by molar-refractivity contribution is 6.02. The molecule has 5 bridgehead atoms. The quantitative estimate of drug-likeness (QED) is 0.743.